The van der Waals surface area contributed by atoms with Gasteiger partial charge in [0.1, 0.15) is 11.3 Å². The lowest BCUT2D eigenvalue weighted by Crippen LogP contribution is -1.99. The summed E-state index contributed by atoms with van der Waals surface area (Å²) in [6.07, 6.45) is 1.69. The van der Waals surface area contributed by atoms with E-state index >= 15 is 0 Å². The number of H-pyrrole nitrogens is 1. The van der Waals surface area contributed by atoms with Crippen LogP contribution < -0.4 is 10.2 Å². The fraction of sp³-hybridized carbons (Fsp3) is 0.158. The predicted octanol–water partition coefficient (Wildman–Crippen LogP) is 3.66. The van der Waals surface area contributed by atoms with Crippen LogP contribution in [-0.2, 0) is 0 Å². The van der Waals surface area contributed by atoms with E-state index in [9.17, 15) is 0 Å². The minimum Gasteiger partial charge on any atom is -0.494 e. The zero-order valence-electron chi connectivity index (χ0n) is 14.5. The third-order valence-corrected chi connectivity index (χ3v) is 3.94. The molecule has 2 aromatic heterocycles. The molecule has 130 valence electrons. The van der Waals surface area contributed by atoms with Crippen molar-refractivity contribution in [2.24, 2.45) is 5.10 Å². The molecule has 2 N–H and O–H groups in total. The van der Waals surface area contributed by atoms with Gasteiger partial charge in [0.25, 0.3) is 5.95 Å². The van der Waals surface area contributed by atoms with Crippen molar-refractivity contribution >= 4 is 34.2 Å². The van der Waals surface area contributed by atoms with E-state index in [0.717, 1.165) is 27.7 Å². The van der Waals surface area contributed by atoms with Gasteiger partial charge in [-0.15, -0.1) is 10.2 Å². The molecule has 7 nitrogen and oxygen atoms in total. The molecule has 26 heavy (non-hydrogen) atoms. The van der Waals surface area contributed by atoms with Crippen LogP contribution >= 0.6 is 0 Å². The van der Waals surface area contributed by atoms with Crippen molar-refractivity contribution in [1.82, 2.24) is 20.2 Å². The summed E-state index contributed by atoms with van der Waals surface area (Å²) in [6.45, 7) is 4.65. The van der Waals surface area contributed by atoms with Gasteiger partial charge in [-0.25, -0.2) is 5.43 Å². The van der Waals surface area contributed by atoms with Gasteiger partial charge in [-0.1, -0.05) is 11.6 Å². The van der Waals surface area contributed by atoms with E-state index in [0.29, 0.717) is 18.2 Å². The third kappa shape index (κ3) is 3.19. The molecule has 0 aliphatic carbocycles. The molecule has 0 radical (unpaired) electrons. The standard InChI is InChI=1S/C19H18N6O/c1-3-26-14-7-5-13(6-8-14)11-20-24-19-22-18-17(23-25-19)15-10-12(2)4-9-16(15)21-18/h4-11H,3H2,1-2H3,(H2,21,22,24,25)/b20-11+. The van der Waals surface area contributed by atoms with Gasteiger partial charge in [-0.05, 0) is 55.8 Å². The Morgan fingerprint density at radius 3 is 2.81 bits per heavy atom. The molecule has 4 aromatic rings. The van der Waals surface area contributed by atoms with Gasteiger partial charge in [-0.3, -0.25) is 0 Å². The number of benzene rings is 2. The number of aromatic nitrogens is 4. The van der Waals surface area contributed by atoms with Crippen LogP contribution in [0, 0.1) is 6.92 Å². The number of anilines is 1. The first-order valence-corrected chi connectivity index (χ1v) is 8.37. The lowest BCUT2D eigenvalue weighted by Gasteiger charge is -2.02. The van der Waals surface area contributed by atoms with Crippen LogP contribution in [0.4, 0.5) is 5.95 Å². The van der Waals surface area contributed by atoms with Crippen LogP contribution in [0.15, 0.2) is 47.6 Å². The largest absolute Gasteiger partial charge is 0.494 e. The number of nitrogens with one attached hydrogen (secondary N) is 2. The number of rotatable bonds is 5. The van der Waals surface area contributed by atoms with Crippen molar-refractivity contribution in [2.45, 2.75) is 13.8 Å². The Kier molecular flexibility index (Phi) is 4.18. The zero-order valence-corrected chi connectivity index (χ0v) is 14.5. The highest BCUT2D eigenvalue weighted by molar-refractivity contribution is 6.03. The summed E-state index contributed by atoms with van der Waals surface area (Å²) in [5, 5.41) is 13.6. The second-order valence-electron chi connectivity index (χ2n) is 5.88. The van der Waals surface area contributed by atoms with E-state index in [4.69, 9.17) is 4.74 Å². The predicted molar refractivity (Wildman–Crippen MR) is 103 cm³/mol. The second kappa shape index (κ2) is 6.79. The van der Waals surface area contributed by atoms with Crippen LogP contribution in [0.2, 0.25) is 0 Å². The minimum absolute atomic E-state index is 0.336. The lowest BCUT2D eigenvalue weighted by atomic mass is 10.2. The fourth-order valence-corrected chi connectivity index (χ4v) is 2.71. The molecule has 0 aliphatic rings. The molecule has 4 rings (SSSR count). The summed E-state index contributed by atoms with van der Waals surface area (Å²) in [5.41, 5.74) is 7.35. The summed E-state index contributed by atoms with van der Waals surface area (Å²) < 4.78 is 5.42. The molecule has 2 heterocycles. The Labute approximate surface area is 150 Å². The van der Waals surface area contributed by atoms with Crippen LogP contribution in [0.3, 0.4) is 0 Å². The maximum atomic E-state index is 5.42. The number of nitrogens with zero attached hydrogens (tertiary/aromatic N) is 4. The number of hydrazone groups is 1. The van der Waals surface area contributed by atoms with E-state index in [1.165, 1.54) is 5.56 Å². The Bertz CT molecular complexity index is 1080. The summed E-state index contributed by atoms with van der Waals surface area (Å²) in [7, 11) is 0. The zero-order chi connectivity index (χ0) is 17.9. The number of hydrogen-bond acceptors (Lipinski definition) is 6. The summed E-state index contributed by atoms with van der Waals surface area (Å²) in [4.78, 5) is 7.69. The molecule has 0 saturated heterocycles. The van der Waals surface area contributed by atoms with Crippen molar-refractivity contribution in [1.29, 1.82) is 0 Å². The lowest BCUT2D eigenvalue weighted by molar-refractivity contribution is 0.340. The molecule has 0 saturated carbocycles. The van der Waals surface area contributed by atoms with Gasteiger partial charge in [-0.2, -0.15) is 10.1 Å². The molecular formula is C19H18N6O. The van der Waals surface area contributed by atoms with Crippen LogP contribution in [0.25, 0.3) is 22.1 Å². The molecule has 0 amide bonds. The Hall–Kier alpha value is -3.48. The summed E-state index contributed by atoms with van der Waals surface area (Å²) in [5.74, 6) is 1.17. The van der Waals surface area contributed by atoms with Gasteiger partial charge in [0, 0.05) is 10.9 Å². The van der Waals surface area contributed by atoms with Crippen molar-refractivity contribution in [3.8, 4) is 5.75 Å². The maximum absolute atomic E-state index is 5.42. The molecule has 0 unspecified atom stereocenters. The van der Waals surface area contributed by atoms with Gasteiger partial charge >= 0.3 is 0 Å². The molecule has 0 fully saturated rings. The second-order valence-corrected chi connectivity index (χ2v) is 5.88. The topological polar surface area (TPSA) is 88.1 Å². The highest BCUT2D eigenvalue weighted by Gasteiger charge is 2.08. The first-order chi connectivity index (χ1) is 12.7. The Morgan fingerprint density at radius 1 is 1.15 bits per heavy atom. The van der Waals surface area contributed by atoms with Crippen LogP contribution in [0.5, 0.6) is 5.75 Å². The van der Waals surface area contributed by atoms with Crippen LogP contribution in [-0.4, -0.2) is 33.0 Å². The molecule has 2 aromatic carbocycles. The van der Waals surface area contributed by atoms with Gasteiger partial charge in [0.15, 0.2) is 5.65 Å². The summed E-state index contributed by atoms with van der Waals surface area (Å²) in [6, 6.07) is 13.8. The minimum atomic E-state index is 0.336. The maximum Gasteiger partial charge on any atom is 0.265 e. The van der Waals surface area contributed by atoms with E-state index in [1.54, 1.807) is 6.21 Å². The highest BCUT2D eigenvalue weighted by Crippen LogP contribution is 2.23. The molecule has 0 spiro atoms. The van der Waals surface area contributed by atoms with Gasteiger partial charge in [0.05, 0.1) is 12.8 Å². The monoisotopic (exact) mass is 346 g/mol. The van der Waals surface area contributed by atoms with Gasteiger partial charge < -0.3 is 9.72 Å². The molecule has 7 heteroatoms. The number of aromatic amines is 1. The van der Waals surface area contributed by atoms with Crippen LogP contribution in [0.1, 0.15) is 18.1 Å². The first kappa shape index (κ1) is 16.0. The van der Waals surface area contributed by atoms with E-state index in [1.807, 2.05) is 50.2 Å². The highest BCUT2D eigenvalue weighted by atomic mass is 16.5. The number of ether oxygens (including phenoxy) is 1. The fourth-order valence-electron chi connectivity index (χ4n) is 2.71. The number of fused-ring (bicyclic) bond motifs is 3. The average molecular weight is 346 g/mol. The number of aryl methyl sites for hydroxylation is 1. The van der Waals surface area contributed by atoms with Crippen molar-refractivity contribution < 1.29 is 4.74 Å². The first-order valence-electron chi connectivity index (χ1n) is 8.37. The Balaban J connectivity index is 1.52. The Morgan fingerprint density at radius 2 is 2.00 bits per heavy atom. The molecule has 0 bridgehead atoms. The quantitative estimate of drug-likeness (QED) is 0.425. The smallest absolute Gasteiger partial charge is 0.265 e. The third-order valence-electron chi connectivity index (χ3n) is 3.94. The normalized spacial score (nSPS) is 11.5. The summed E-state index contributed by atoms with van der Waals surface area (Å²) >= 11 is 0. The van der Waals surface area contributed by atoms with Gasteiger partial charge in [0.2, 0.25) is 0 Å². The van der Waals surface area contributed by atoms with E-state index in [-0.39, 0.29) is 0 Å². The molecule has 0 aliphatic heterocycles. The van der Waals surface area contributed by atoms with E-state index in [2.05, 4.69) is 36.8 Å². The average Bonchev–Trinajstić information content (AvgIpc) is 3.00. The van der Waals surface area contributed by atoms with Crippen molar-refractivity contribution in [2.75, 3.05) is 12.0 Å². The number of hydrogen-bond donors (Lipinski definition) is 2. The SMILES string of the molecule is CCOc1ccc(/C=N/Nc2nnc3c(n2)[nH]c2ccc(C)cc23)cc1. The van der Waals surface area contributed by atoms with E-state index < -0.39 is 0 Å². The van der Waals surface area contributed by atoms with Crippen molar-refractivity contribution in [3.05, 3.63) is 53.6 Å². The molecule has 0 atom stereocenters. The van der Waals surface area contributed by atoms with Crippen molar-refractivity contribution in [3.63, 3.8) is 0 Å². The molecular weight excluding hydrogens is 328 g/mol.